The van der Waals surface area contributed by atoms with Crippen LogP contribution >= 0.6 is 0 Å². The van der Waals surface area contributed by atoms with E-state index < -0.39 is 16.0 Å². The summed E-state index contributed by atoms with van der Waals surface area (Å²) in [5.74, 6) is -0.731. The highest BCUT2D eigenvalue weighted by atomic mass is 32.2. The molecule has 2 aromatic rings. The third-order valence-electron chi connectivity index (χ3n) is 3.20. The average Bonchev–Trinajstić information content (AvgIpc) is 2.43. The van der Waals surface area contributed by atoms with Crippen molar-refractivity contribution in [2.75, 3.05) is 4.72 Å². The number of carbonyl (C=O) groups excluding carboxylic acids is 2. The number of carbonyl (C=O) groups is 2. The highest BCUT2D eigenvalue weighted by Crippen LogP contribution is 2.31. The van der Waals surface area contributed by atoms with Crippen LogP contribution in [0.15, 0.2) is 42.5 Å². The molecule has 0 unspecified atom stereocenters. The first-order valence-corrected chi connectivity index (χ1v) is 7.55. The van der Waals surface area contributed by atoms with Crippen molar-refractivity contribution in [3.63, 3.8) is 0 Å². The van der Waals surface area contributed by atoms with Crippen molar-refractivity contribution in [3.8, 4) is 0 Å². The van der Waals surface area contributed by atoms with Crippen molar-refractivity contribution in [2.45, 2.75) is 0 Å². The number of rotatable bonds is 2. The molecule has 1 aliphatic rings. The van der Waals surface area contributed by atoms with Crippen molar-refractivity contribution >= 4 is 27.5 Å². The van der Waals surface area contributed by atoms with Gasteiger partial charge < -0.3 is 0 Å². The normalized spacial score (nSPS) is 13.6. The SMILES string of the molecule is NS(=O)(=O)Nc1cccc2c1C(=O)c1ccccc1C2=O. The van der Waals surface area contributed by atoms with Gasteiger partial charge in [-0.15, -0.1) is 0 Å². The molecule has 3 N–H and O–H groups in total. The molecule has 0 bridgehead atoms. The number of hydrogen-bond acceptors (Lipinski definition) is 4. The Kier molecular flexibility index (Phi) is 2.89. The summed E-state index contributed by atoms with van der Waals surface area (Å²) in [6, 6.07) is 10.8. The van der Waals surface area contributed by atoms with Crippen molar-refractivity contribution in [2.24, 2.45) is 5.14 Å². The van der Waals surface area contributed by atoms with E-state index in [4.69, 9.17) is 5.14 Å². The maximum absolute atomic E-state index is 12.5. The molecule has 0 saturated heterocycles. The topological polar surface area (TPSA) is 106 Å². The van der Waals surface area contributed by atoms with Gasteiger partial charge >= 0.3 is 0 Å². The van der Waals surface area contributed by atoms with Gasteiger partial charge in [-0.1, -0.05) is 36.4 Å². The number of anilines is 1. The van der Waals surface area contributed by atoms with Crippen LogP contribution in [0.3, 0.4) is 0 Å². The predicted octanol–water partition coefficient (Wildman–Crippen LogP) is 1.08. The predicted molar refractivity (Wildman–Crippen MR) is 76.5 cm³/mol. The molecule has 21 heavy (non-hydrogen) atoms. The van der Waals surface area contributed by atoms with Gasteiger partial charge in [0.05, 0.1) is 11.3 Å². The molecule has 1 aliphatic carbocycles. The van der Waals surface area contributed by atoms with Gasteiger partial charge in [0, 0.05) is 16.7 Å². The number of ketones is 2. The van der Waals surface area contributed by atoms with Crippen LogP contribution in [0.5, 0.6) is 0 Å². The lowest BCUT2D eigenvalue weighted by molar-refractivity contribution is 0.0979. The van der Waals surface area contributed by atoms with Crippen LogP contribution in [0.25, 0.3) is 0 Å². The maximum atomic E-state index is 12.5. The molecule has 0 saturated carbocycles. The Hall–Kier alpha value is -2.51. The molecule has 3 rings (SSSR count). The van der Waals surface area contributed by atoms with Gasteiger partial charge in [0.1, 0.15) is 0 Å². The zero-order valence-corrected chi connectivity index (χ0v) is 11.5. The highest BCUT2D eigenvalue weighted by molar-refractivity contribution is 7.90. The van der Waals surface area contributed by atoms with Crippen molar-refractivity contribution in [3.05, 3.63) is 64.7 Å². The van der Waals surface area contributed by atoms with E-state index in [1.807, 2.05) is 0 Å². The molecule has 0 fully saturated rings. The van der Waals surface area contributed by atoms with Gasteiger partial charge in [0.2, 0.25) is 0 Å². The molecule has 106 valence electrons. The molecule has 0 aliphatic heterocycles. The van der Waals surface area contributed by atoms with Crippen molar-refractivity contribution < 1.29 is 18.0 Å². The standard InChI is InChI=1S/C14H10N2O4S/c15-21(19,20)16-11-7-3-6-10-12(11)14(18)9-5-2-1-4-8(9)13(10)17/h1-7,16H,(H2,15,19,20). The largest absolute Gasteiger partial charge is 0.296 e. The zero-order chi connectivity index (χ0) is 15.2. The van der Waals surface area contributed by atoms with E-state index >= 15 is 0 Å². The van der Waals surface area contributed by atoms with Crippen LogP contribution in [0, 0.1) is 0 Å². The molecular formula is C14H10N2O4S. The Balaban J connectivity index is 2.26. The molecule has 0 spiro atoms. The first-order valence-electron chi connectivity index (χ1n) is 6.00. The summed E-state index contributed by atoms with van der Waals surface area (Å²) in [6.45, 7) is 0. The van der Waals surface area contributed by atoms with Crippen LogP contribution < -0.4 is 9.86 Å². The highest BCUT2D eigenvalue weighted by Gasteiger charge is 2.31. The van der Waals surface area contributed by atoms with E-state index in [0.29, 0.717) is 5.56 Å². The summed E-state index contributed by atoms with van der Waals surface area (Å²) in [7, 11) is -4.04. The molecule has 0 aromatic heterocycles. The summed E-state index contributed by atoms with van der Waals surface area (Å²) >= 11 is 0. The van der Waals surface area contributed by atoms with E-state index in [1.54, 1.807) is 18.2 Å². The molecular weight excluding hydrogens is 292 g/mol. The summed E-state index contributed by atoms with van der Waals surface area (Å²) < 4.78 is 24.4. The molecule has 0 amide bonds. The Morgan fingerprint density at radius 2 is 1.38 bits per heavy atom. The second-order valence-corrected chi connectivity index (χ2v) is 5.87. The summed E-state index contributed by atoms with van der Waals surface area (Å²) in [5, 5.41) is 4.94. The second-order valence-electron chi connectivity index (χ2n) is 4.58. The van der Waals surface area contributed by atoms with Crippen molar-refractivity contribution in [1.82, 2.24) is 0 Å². The minimum atomic E-state index is -4.04. The van der Waals surface area contributed by atoms with E-state index in [1.165, 1.54) is 24.3 Å². The summed E-state index contributed by atoms with van der Waals surface area (Å²) in [4.78, 5) is 24.9. The number of fused-ring (bicyclic) bond motifs is 2. The first kappa shape index (κ1) is 13.5. The zero-order valence-electron chi connectivity index (χ0n) is 10.7. The van der Waals surface area contributed by atoms with Gasteiger partial charge in [-0.25, -0.2) is 5.14 Å². The number of benzene rings is 2. The van der Waals surface area contributed by atoms with Gasteiger partial charge in [-0.3, -0.25) is 14.3 Å². The van der Waals surface area contributed by atoms with E-state index in [9.17, 15) is 18.0 Å². The van der Waals surface area contributed by atoms with E-state index in [2.05, 4.69) is 4.72 Å². The molecule has 0 atom stereocenters. The van der Waals surface area contributed by atoms with Crippen LogP contribution in [0.1, 0.15) is 31.8 Å². The lowest BCUT2D eigenvalue weighted by atomic mass is 9.83. The summed E-state index contributed by atoms with van der Waals surface area (Å²) in [5.41, 5.74) is 0.742. The van der Waals surface area contributed by atoms with Crippen LogP contribution in [0.2, 0.25) is 0 Å². The summed E-state index contributed by atoms with van der Waals surface area (Å²) in [6.07, 6.45) is 0. The van der Waals surface area contributed by atoms with Crippen LogP contribution in [0.4, 0.5) is 5.69 Å². The maximum Gasteiger partial charge on any atom is 0.296 e. The van der Waals surface area contributed by atoms with Crippen LogP contribution in [-0.4, -0.2) is 20.0 Å². The smallest absolute Gasteiger partial charge is 0.289 e. The lowest BCUT2D eigenvalue weighted by Gasteiger charge is -2.20. The van der Waals surface area contributed by atoms with E-state index in [0.717, 1.165) is 0 Å². The monoisotopic (exact) mass is 302 g/mol. The van der Waals surface area contributed by atoms with E-state index in [-0.39, 0.29) is 28.2 Å². The first-order chi connectivity index (χ1) is 9.88. The molecule has 7 heteroatoms. The number of hydrogen-bond donors (Lipinski definition) is 2. The van der Waals surface area contributed by atoms with Crippen LogP contribution in [-0.2, 0) is 10.2 Å². The second kappa shape index (κ2) is 4.51. The lowest BCUT2D eigenvalue weighted by Crippen LogP contribution is -2.26. The van der Waals surface area contributed by atoms with Crippen molar-refractivity contribution in [1.29, 1.82) is 0 Å². The van der Waals surface area contributed by atoms with Gasteiger partial charge in [-0.2, -0.15) is 8.42 Å². The Bertz CT molecular complexity index is 888. The Morgan fingerprint density at radius 1 is 0.810 bits per heavy atom. The number of nitrogens with two attached hydrogens (primary N) is 1. The third kappa shape index (κ3) is 2.22. The van der Waals surface area contributed by atoms with Gasteiger partial charge in [0.15, 0.2) is 11.6 Å². The minimum absolute atomic E-state index is 0.00264. The fraction of sp³-hybridized carbons (Fsp3) is 0. The molecule has 2 aromatic carbocycles. The van der Waals surface area contributed by atoms with Gasteiger partial charge in [-0.05, 0) is 6.07 Å². The minimum Gasteiger partial charge on any atom is -0.289 e. The number of nitrogens with one attached hydrogen (secondary N) is 1. The Morgan fingerprint density at radius 3 is 2.00 bits per heavy atom. The third-order valence-corrected chi connectivity index (χ3v) is 3.71. The Labute approximate surface area is 120 Å². The molecule has 6 nitrogen and oxygen atoms in total. The fourth-order valence-electron chi connectivity index (χ4n) is 2.38. The quantitative estimate of drug-likeness (QED) is 0.738. The van der Waals surface area contributed by atoms with Gasteiger partial charge in [0.25, 0.3) is 10.2 Å². The molecule has 0 radical (unpaired) electrons. The average molecular weight is 302 g/mol. The fourth-order valence-corrected chi connectivity index (χ4v) is 2.86. The molecule has 0 heterocycles.